The molecular weight excluding hydrogens is 382 g/mol. The van der Waals surface area contributed by atoms with Gasteiger partial charge in [-0.15, -0.1) is 11.3 Å². The van der Waals surface area contributed by atoms with Crippen LogP contribution in [-0.2, 0) is 6.61 Å². The molecule has 4 nitrogen and oxygen atoms in total. The van der Waals surface area contributed by atoms with E-state index in [0.29, 0.717) is 17.0 Å². The summed E-state index contributed by atoms with van der Waals surface area (Å²) in [6, 6.07) is 11.0. The average Bonchev–Trinajstić information content (AvgIpc) is 3.41. The minimum absolute atomic E-state index is 0.00789. The Balaban J connectivity index is 1.40. The Labute approximate surface area is 165 Å². The SMILES string of the molecule is O=C(c1csc(-c2ccc(OCc3ccc(F)c(F)c3)cc2)n1)N1CCCC1. The molecule has 2 aromatic carbocycles. The van der Waals surface area contributed by atoms with E-state index in [1.807, 2.05) is 17.0 Å². The number of nitrogens with zero attached hydrogens (tertiary/aromatic N) is 2. The minimum Gasteiger partial charge on any atom is -0.489 e. The molecule has 0 radical (unpaired) electrons. The number of carbonyl (C=O) groups is 1. The van der Waals surface area contributed by atoms with Gasteiger partial charge in [-0.2, -0.15) is 0 Å². The first-order valence-electron chi connectivity index (χ1n) is 9.02. The van der Waals surface area contributed by atoms with Crippen LogP contribution < -0.4 is 4.74 Å². The van der Waals surface area contributed by atoms with Gasteiger partial charge in [-0.1, -0.05) is 6.07 Å². The van der Waals surface area contributed by atoms with Crippen LogP contribution in [0.15, 0.2) is 47.8 Å². The third-order valence-corrected chi connectivity index (χ3v) is 5.50. The molecule has 1 fully saturated rings. The van der Waals surface area contributed by atoms with E-state index >= 15 is 0 Å². The fraction of sp³-hybridized carbons (Fsp3) is 0.238. The maximum atomic E-state index is 13.2. The van der Waals surface area contributed by atoms with E-state index in [1.165, 1.54) is 17.4 Å². The lowest BCUT2D eigenvalue weighted by Crippen LogP contribution is -2.27. The number of likely N-dealkylation sites (tertiary alicyclic amines) is 1. The van der Waals surface area contributed by atoms with E-state index in [1.54, 1.807) is 17.5 Å². The highest BCUT2D eigenvalue weighted by molar-refractivity contribution is 7.13. The second-order valence-electron chi connectivity index (χ2n) is 6.60. The first-order valence-corrected chi connectivity index (χ1v) is 9.90. The summed E-state index contributed by atoms with van der Waals surface area (Å²) in [5, 5.41) is 2.57. The Hall–Kier alpha value is -2.80. The summed E-state index contributed by atoms with van der Waals surface area (Å²) >= 11 is 1.43. The zero-order valence-electron chi connectivity index (χ0n) is 15.0. The van der Waals surface area contributed by atoms with E-state index in [9.17, 15) is 13.6 Å². The Morgan fingerprint density at radius 3 is 2.54 bits per heavy atom. The predicted octanol–water partition coefficient (Wildman–Crippen LogP) is 4.90. The first-order chi connectivity index (χ1) is 13.6. The van der Waals surface area contributed by atoms with E-state index in [-0.39, 0.29) is 12.5 Å². The summed E-state index contributed by atoms with van der Waals surface area (Å²) in [5.41, 5.74) is 1.93. The summed E-state index contributed by atoms with van der Waals surface area (Å²) < 4.78 is 31.8. The highest BCUT2D eigenvalue weighted by Gasteiger charge is 2.21. The third kappa shape index (κ3) is 4.04. The van der Waals surface area contributed by atoms with Crippen LogP contribution >= 0.6 is 11.3 Å². The van der Waals surface area contributed by atoms with E-state index in [0.717, 1.165) is 48.6 Å². The summed E-state index contributed by atoms with van der Waals surface area (Å²) in [6.45, 7) is 1.74. The highest BCUT2D eigenvalue weighted by Crippen LogP contribution is 2.27. The predicted molar refractivity (Wildman–Crippen MR) is 103 cm³/mol. The number of halogens is 2. The van der Waals surface area contributed by atoms with Crippen molar-refractivity contribution >= 4 is 17.2 Å². The van der Waals surface area contributed by atoms with Crippen molar-refractivity contribution in [3.8, 4) is 16.3 Å². The second-order valence-corrected chi connectivity index (χ2v) is 7.46. The number of amides is 1. The number of ether oxygens (including phenoxy) is 1. The number of rotatable bonds is 5. The molecule has 1 saturated heterocycles. The fourth-order valence-corrected chi connectivity index (χ4v) is 3.88. The van der Waals surface area contributed by atoms with Gasteiger partial charge in [0.1, 0.15) is 23.1 Å². The van der Waals surface area contributed by atoms with Crippen LogP contribution in [0.3, 0.4) is 0 Å². The van der Waals surface area contributed by atoms with Gasteiger partial charge in [0.25, 0.3) is 5.91 Å². The minimum atomic E-state index is -0.889. The summed E-state index contributed by atoms with van der Waals surface area (Å²) in [5.74, 6) is -1.16. The van der Waals surface area contributed by atoms with Gasteiger partial charge in [-0.05, 0) is 54.8 Å². The number of hydrogen-bond donors (Lipinski definition) is 0. The van der Waals surface area contributed by atoms with E-state index in [2.05, 4.69) is 4.98 Å². The van der Waals surface area contributed by atoms with Crippen molar-refractivity contribution in [3.63, 3.8) is 0 Å². The van der Waals surface area contributed by atoms with Crippen LogP contribution in [0.2, 0.25) is 0 Å². The third-order valence-electron chi connectivity index (χ3n) is 4.61. The zero-order valence-corrected chi connectivity index (χ0v) is 15.8. The van der Waals surface area contributed by atoms with Crippen molar-refractivity contribution in [2.45, 2.75) is 19.4 Å². The molecule has 4 rings (SSSR count). The van der Waals surface area contributed by atoms with Crippen molar-refractivity contribution in [1.29, 1.82) is 0 Å². The second kappa shape index (κ2) is 8.06. The standard InChI is InChI=1S/C21H18F2N2O2S/c22-17-8-3-14(11-18(17)23)12-27-16-6-4-15(5-7-16)20-24-19(13-28-20)21(26)25-9-1-2-10-25/h3-8,11,13H,1-2,9-10,12H2. The van der Waals surface area contributed by atoms with Crippen LogP contribution in [0, 0.1) is 11.6 Å². The van der Waals surface area contributed by atoms with Gasteiger partial charge in [0.2, 0.25) is 0 Å². The molecular formula is C21H18F2N2O2S. The normalized spacial score (nSPS) is 13.7. The monoisotopic (exact) mass is 400 g/mol. The number of carbonyl (C=O) groups excluding carboxylic acids is 1. The molecule has 0 unspecified atom stereocenters. The van der Waals surface area contributed by atoms with Crippen LogP contribution in [-0.4, -0.2) is 28.9 Å². The molecule has 0 spiro atoms. The van der Waals surface area contributed by atoms with Crippen molar-refractivity contribution in [2.75, 3.05) is 13.1 Å². The van der Waals surface area contributed by atoms with Gasteiger partial charge in [0.05, 0.1) is 0 Å². The van der Waals surface area contributed by atoms with Gasteiger partial charge < -0.3 is 9.64 Å². The number of thiazole rings is 1. The first kappa shape index (κ1) is 18.6. The number of hydrogen-bond acceptors (Lipinski definition) is 4. The van der Waals surface area contributed by atoms with Crippen molar-refractivity contribution in [2.24, 2.45) is 0 Å². The summed E-state index contributed by atoms with van der Waals surface area (Å²) in [6.07, 6.45) is 2.10. The summed E-state index contributed by atoms with van der Waals surface area (Å²) in [7, 11) is 0. The van der Waals surface area contributed by atoms with E-state index < -0.39 is 11.6 Å². The zero-order chi connectivity index (χ0) is 19.5. The molecule has 7 heteroatoms. The Morgan fingerprint density at radius 1 is 1.07 bits per heavy atom. The maximum absolute atomic E-state index is 13.2. The topological polar surface area (TPSA) is 42.4 Å². The molecule has 0 atom stereocenters. The Morgan fingerprint density at radius 2 is 1.82 bits per heavy atom. The van der Waals surface area contributed by atoms with Crippen molar-refractivity contribution in [1.82, 2.24) is 9.88 Å². The van der Waals surface area contributed by atoms with Crippen molar-refractivity contribution < 1.29 is 18.3 Å². The number of aromatic nitrogens is 1. The molecule has 1 aliphatic rings. The van der Waals surface area contributed by atoms with Gasteiger partial charge in [0, 0.05) is 24.0 Å². The van der Waals surface area contributed by atoms with Crippen molar-refractivity contribution in [3.05, 3.63) is 70.7 Å². The molecule has 0 saturated carbocycles. The van der Waals surface area contributed by atoms with Crippen LogP contribution in [0.25, 0.3) is 10.6 Å². The summed E-state index contributed by atoms with van der Waals surface area (Å²) in [4.78, 5) is 18.7. The molecule has 1 aliphatic heterocycles. The van der Waals surface area contributed by atoms with Crippen LogP contribution in [0.1, 0.15) is 28.9 Å². The fourth-order valence-electron chi connectivity index (χ4n) is 3.08. The largest absolute Gasteiger partial charge is 0.489 e. The number of benzene rings is 2. The molecule has 0 bridgehead atoms. The smallest absolute Gasteiger partial charge is 0.273 e. The Bertz CT molecular complexity index is 982. The average molecular weight is 400 g/mol. The lowest BCUT2D eigenvalue weighted by molar-refractivity contribution is 0.0788. The molecule has 0 aliphatic carbocycles. The quantitative estimate of drug-likeness (QED) is 0.612. The van der Waals surface area contributed by atoms with Gasteiger partial charge in [-0.25, -0.2) is 13.8 Å². The highest BCUT2D eigenvalue weighted by atomic mass is 32.1. The van der Waals surface area contributed by atoms with Gasteiger partial charge in [0.15, 0.2) is 11.6 Å². The molecule has 28 heavy (non-hydrogen) atoms. The Kier molecular flexibility index (Phi) is 5.34. The maximum Gasteiger partial charge on any atom is 0.273 e. The van der Waals surface area contributed by atoms with Crippen LogP contribution in [0.4, 0.5) is 8.78 Å². The van der Waals surface area contributed by atoms with Crippen LogP contribution in [0.5, 0.6) is 5.75 Å². The van der Waals surface area contributed by atoms with Gasteiger partial charge in [-0.3, -0.25) is 4.79 Å². The molecule has 3 aromatic rings. The molecule has 0 N–H and O–H groups in total. The lowest BCUT2D eigenvalue weighted by atomic mass is 10.2. The molecule has 1 aromatic heterocycles. The molecule has 2 heterocycles. The van der Waals surface area contributed by atoms with E-state index in [4.69, 9.17) is 4.74 Å². The molecule has 144 valence electrons. The lowest BCUT2D eigenvalue weighted by Gasteiger charge is -2.12. The molecule has 1 amide bonds. The van der Waals surface area contributed by atoms with Gasteiger partial charge >= 0.3 is 0 Å².